The van der Waals surface area contributed by atoms with Crippen molar-refractivity contribution in [2.45, 2.75) is 24.8 Å². The van der Waals surface area contributed by atoms with Crippen LogP contribution in [0, 0.1) is 0 Å². The summed E-state index contributed by atoms with van der Waals surface area (Å²) in [6.07, 6.45) is 19.8. The normalized spacial score (nSPS) is 15.7. The smallest absolute Gasteiger partial charge is 0.293 e. The Hall–Kier alpha value is -8.82. The van der Waals surface area contributed by atoms with E-state index in [4.69, 9.17) is 19.3 Å². The standard InChI is InChI=1S/C21H15BrN4O4S.C21H17BrN4O4S.C20H20BrN5O4S/c1-26-20(28)18(31-21(26)29)7-14-6-17(16(27)8-15(14)22)30-11-12-9-24-19(25-10-12)13-2-4-23-5-3-13;22-15-8-16(28)17(30-11-12-9-25-21(26-10-12)24-4-5-27)6-13(15)7-18-19(29)14-2-1-3-23-20(14)31-18;1-25-18(28)17(31-20(25)29)7-13-6-16(15(27)8-14(13)21)30-11-12-9-23-19(24-10-12)26-4-2-22-3-5-26/h2-10,27H,11H2,1H3;1-3,6-10,27-28H,4-5,11H2,(H,24,25,26);6-10,22,27H,2-5,11H2,1H3/b2*18-7-;17-7-. The number of allylic oxidation sites excluding steroid dienone is 1. The lowest BCUT2D eigenvalue weighted by Gasteiger charge is -2.27. The summed E-state index contributed by atoms with van der Waals surface area (Å²) in [6, 6.07) is 16.5. The maximum Gasteiger partial charge on any atom is 0.293 e. The van der Waals surface area contributed by atoms with Crippen LogP contribution in [0.3, 0.4) is 0 Å². The van der Waals surface area contributed by atoms with Gasteiger partial charge in [-0.05, 0) is 119 Å². The van der Waals surface area contributed by atoms with E-state index >= 15 is 0 Å². The Morgan fingerprint density at radius 3 is 1.47 bits per heavy atom. The van der Waals surface area contributed by atoms with E-state index < -0.39 is 0 Å². The molecule has 12 rings (SSSR count). The average Bonchev–Trinajstić information content (AvgIpc) is 1.75. The number of benzene rings is 3. The summed E-state index contributed by atoms with van der Waals surface area (Å²) >= 11 is 13.2. The molecule has 0 saturated carbocycles. The zero-order valence-corrected chi connectivity index (χ0v) is 56.1. The highest BCUT2D eigenvalue weighted by molar-refractivity contribution is 9.11. The number of pyridine rings is 2. The van der Waals surface area contributed by atoms with E-state index in [1.54, 1.807) is 104 Å². The lowest BCUT2D eigenvalue weighted by Crippen LogP contribution is -2.44. The molecular weight excluding hydrogens is 1450 g/mol. The van der Waals surface area contributed by atoms with Gasteiger partial charge < -0.3 is 50.2 Å². The van der Waals surface area contributed by atoms with E-state index in [0.29, 0.717) is 90.8 Å². The summed E-state index contributed by atoms with van der Waals surface area (Å²) < 4.78 is 19.0. The Bertz CT molecular complexity index is 4230. The largest absolute Gasteiger partial charge is 0.504 e. The van der Waals surface area contributed by atoms with Crippen molar-refractivity contribution in [3.05, 3.63) is 184 Å². The quantitative estimate of drug-likeness (QED) is 0.0461. The number of thioether (sulfide) groups is 3. The Morgan fingerprint density at radius 1 is 0.581 bits per heavy atom. The van der Waals surface area contributed by atoms with E-state index in [2.05, 4.69) is 103 Å². The number of hydrogen-bond donors (Lipinski definition) is 6. The molecule has 3 saturated heterocycles. The first-order chi connectivity index (χ1) is 44.9. The van der Waals surface area contributed by atoms with Gasteiger partial charge in [0.2, 0.25) is 17.7 Å². The van der Waals surface area contributed by atoms with Gasteiger partial charge in [0.15, 0.2) is 40.3 Å². The van der Waals surface area contributed by atoms with Crippen molar-refractivity contribution in [1.29, 1.82) is 0 Å². The number of aliphatic hydroxyl groups excluding tert-OH is 1. The lowest BCUT2D eigenvalue weighted by molar-refractivity contribution is -0.122. The molecule has 25 nitrogen and oxygen atoms in total. The number of likely N-dealkylation sites (N-methyl/N-ethyl adjacent to an activating group) is 2. The zero-order valence-electron chi connectivity index (χ0n) is 48.9. The first-order valence-electron chi connectivity index (χ1n) is 27.8. The van der Waals surface area contributed by atoms with Gasteiger partial charge in [-0.2, -0.15) is 0 Å². The van der Waals surface area contributed by atoms with Gasteiger partial charge in [0.25, 0.3) is 22.3 Å². The number of aromatic hydroxyl groups is 3. The van der Waals surface area contributed by atoms with Crippen LogP contribution in [0.2, 0.25) is 0 Å². The van der Waals surface area contributed by atoms with Gasteiger partial charge in [-0.3, -0.25) is 38.8 Å². The van der Waals surface area contributed by atoms with Crippen LogP contribution in [0.5, 0.6) is 34.5 Å². The second-order valence-electron chi connectivity index (χ2n) is 20.0. The number of hydrogen-bond acceptors (Lipinski definition) is 26. The SMILES string of the molecule is CN1C(=O)S/C(=C\c2cc(OCc3cnc(-c4ccncc4)nc3)c(O)cc2Br)C1=O.CN1C(=O)S/C(=C\c2cc(OCc3cnc(N4CCNCC4)nc3)c(O)cc2Br)C1=O.O=C1/C(=C/c2cc(OCc3cnc(NCCO)nc3)c(O)cc2Br)Sc2ncccc21. The molecule has 5 aromatic heterocycles. The highest BCUT2D eigenvalue weighted by Gasteiger charge is 2.34. The molecule has 476 valence electrons. The van der Waals surface area contributed by atoms with Crippen molar-refractivity contribution >= 4 is 141 Å². The molecule has 0 spiro atoms. The van der Waals surface area contributed by atoms with E-state index in [0.717, 1.165) is 70.6 Å². The van der Waals surface area contributed by atoms with Crippen LogP contribution < -0.4 is 29.7 Å². The number of imide groups is 2. The number of nitrogens with one attached hydrogen (secondary N) is 2. The predicted octanol–water partition coefficient (Wildman–Crippen LogP) is 10.5. The number of rotatable bonds is 17. The van der Waals surface area contributed by atoms with Gasteiger partial charge in [-0.15, -0.1) is 0 Å². The topological polar surface area (TPSA) is 331 Å². The number of aliphatic hydroxyl groups is 1. The fourth-order valence-electron chi connectivity index (χ4n) is 8.59. The number of anilines is 2. The second-order valence-corrected chi connectivity index (χ2v) is 25.6. The Kier molecular flexibility index (Phi) is 22.5. The van der Waals surface area contributed by atoms with Crippen LogP contribution in [-0.4, -0.2) is 152 Å². The molecule has 0 aliphatic carbocycles. The Morgan fingerprint density at radius 2 is 1.03 bits per heavy atom. The molecule has 0 bridgehead atoms. The molecule has 9 heterocycles. The molecule has 0 radical (unpaired) electrons. The number of ether oxygens (including phenoxy) is 3. The van der Waals surface area contributed by atoms with Gasteiger partial charge in [0.1, 0.15) is 24.8 Å². The number of fused-ring (bicyclic) bond motifs is 1. The van der Waals surface area contributed by atoms with Crippen LogP contribution >= 0.6 is 83.1 Å². The molecule has 0 unspecified atom stereocenters. The molecule has 3 fully saturated rings. The number of aromatic nitrogens is 8. The Labute approximate surface area is 568 Å². The third-order valence-electron chi connectivity index (χ3n) is 13.5. The highest BCUT2D eigenvalue weighted by atomic mass is 79.9. The number of phenolic OH excluding ortho intramolecular Hbond substituents is 3. The number of carbonyl (C=O) groups excluding carboxylic acids is 5. The van der Waals surface area contributed by atoms with Crippen molar-refractivity contribution < 1.29 is 58.6 Å². The summed E-state index contributed by atoms with van der Waals surface area (Å²) in [5, 5.41) is 45.7. The molecule has 4 aliphatic heterocycles. The maximum atomic E-state index is 12.6. The summed E-state index contributed by atoms with van der Waals surface area (Å²) in [5.74, 6) is 1.44. The fraction of sp³-hybridized carbons (Fsp3) is 0.177. The zero-order chi connectivity index (χ0) is 65.7. The van der Waals surface area contributed by atoms with Crippen LogP contribution in [0.1, 0.15) is 43.7 Å². The number of amides is 4. The monoisotopic (exact) mass is 1500 g/mol. The van der Waals surface area contributed by atoms with Gasteiger partial charge >= 0.3 is 0 Å². The third-order valence-corrected chi connectivity index (χ3v) is 18.6. The highest BCUT2D eigenvalue weighted by Crippen LogP contribution is 2.43. The number of nitrogens with zero attached hydrogens (tertiary/aromatic N) is 11. The molecule has 0 atom stereocenters. The van der Waals surface area contributed by atoms with Crippen molar-refractivity contribution in [1.82, 2.24) is 55.0 Å². The number of piperazine rings is 1. The summed E-state index contributed by atoms with van der Waals surface area (Å²) in [4.78, 5) is 99.6. The van der Waals surface area contributed by atoms with Crippen molar-refractivity contribution in [3.8, 4) is 45.9 Å². The molecule has 4 amide bonds. The number of carbonyl (C=O) groups is 5. The van der Waals surface area contributed by atoms with Crippen molar-refractivity contribution in [2.75, 3.05) is 63.6 Å². The summed E-state index contributed by atoms with van der Waals surface area (Å²) in [7, 11) is 2.87. The molecular formula is C62H52Br3N13O12S3. The third kappa shape index (κ3) is 17.1. The molecule has 8 aromatic rings. The second kappa shape index (κ2) is 31.2. The molecule has 93 heavy (non-hydrogen) atoms. The van der Waals surface area contributed by atoms with Crippen molar-refractivity contribution in [3.63, 3.8) is 0 Å². The minimum absolute atomic E-state index is 0.0116. The van der Waals surface area contributed by atoms with E-state index in [1.165, 1.54) is 44.1 Å². The van der Waals surface area contributed by atoms with E-state index in [1.807, 2.05) is 12.1 Å². The molecule has 31 heteroatoms. The van der Waals surface area contributed by atoms with E-state index in [-0.39, 0.29) is 89.0 Å². The summed E-state index contributed by atoms with van der Waals surface area (Å²) in [6.45, 7) is 4.35. The number of phenols is 3. The van der Waals surface area contributed by atoms with Gasteiger partial charge in [-0.25, -0.2) is 34.9 Å². The molecule has 6 N–H and O–H groups in total. The molecule has 3 aromatic carbocycles. The number of Topliss-reactive ketones (excluding diaryl/α,β-unsaturated/α-hetero) is 1. The number of ketones is 1. The van der Waals surface area contributed by atoms with E-state index in [9.17, 15) is 39.3 Å². The first kappa shape index (κ1) is 67.1. The van der Waals surface area contributed by atoms with Gasteiger partial charge in [0.05, 0.1) is 26.9 Å². The van der Waals surface area contributed by atoms with Crippen LogP contribution in [-0.2, 0) is 29.4 Å². The minimum atomic E-state index is -0.371. The maximum absolute atomic E-state index is 12.6. The van der Waals surface area contributed by atoms with Gasteiger partial charge in [-0.1, -0.05) is 59.6 Å². The van der Waals surface area contributed by atoms with Gasteiger partial charge in [0, 0.05) is 138 Å². The predicted molar refractivity (Wildman–Crippen MR) is 360 cm³/mol. The lowest BCUT2D eigenvalue weighted by atomic mass is 10.1. The van der Waals surface area contributed by atoms with Crippen LogP contribution in [0.15, 0.2) is 150 Å². The minimum Gasteiger partial charge on any atom is -0.504 e. The fourth-order valence-corrected chi connectivity index (χ4v) is 12.5. The van der Waals surface area contributed by atoms with Crippen LogP contribution in [0.4, 0.5) is 21.5 Å². The summed E-state index contributed by atoms with van der Waals surface area (Å²) in [5.41, 5.74) is 5.52. The number of halogens is 3. The van der Waals surface area contributed by atoms with Crippen molar-refractivity contribution in [2.24, 2.45) is 0 Å². The average molecular weight is 1510 g/mol. The Balaban J connectivity index is 0.000000153. The molecule has 4 aliphatic rings. The van der Waals surface area contributed by atoms with Crippen LogP contribution in [0.25, 0.3) is 29.6 Å². The first-order valence-corrected chi connectivity index (χ1v) is 32.6.